The van der Waals surface area contributed by atoms with E-state index in [9.17, 15) is 4.79 Å². The van der Waals surface area contributed by atoms with Crippen LogP contribution in [0.2, 0.25) is 0 Å². The number of carbonyl (C=O) groups is 1. The van der Waals surface area contributed by atoms with Gasteiger partial charge in [-0.05, 0) is 25.2 Å². The summed E-state index contributed by atoms with van der Waals surface area (Å²) in [7, 11) is 0. The second kappa shape index (κ2) is 3.61. The van der Waals surface area contributed by atoms with Crippen LogP contribution in [-0.4, -0.2) is 20.6 Å². The summed E-state index contributed by atoms with van der Waals surface area (Å²) in [6, 6.07) is 0. The molecule has 4 nitrogen and oxygen atoms in total. The van der Waals surface area contributed by atoms with E-state index in [1.807, 2.05) is 0 Å². The number of aromatic nitrogens is 2. The predicted molar refractivity (Wildman–Crippen MR) is 58.3 cm³/mol. The van der Waals surface area contributed by atoms with Crippen molar-refractivity contribution in [1.29, 1.82) is 0 Å². The van der Waals surface area contributed by atoms with Gasteiger partial charge in [-0.15, -0.1) is 0 Å². The van der Waals surface area contributed by atoms with E-state index in [-0.39, 0.29) is 12.3 Å². The fraction of sp³-hybridized carbons (Fsp3) is 0.667. The highest BCUT2D eigenvalue weighted by Crippen LogP contribution is 2.40. The van der Waals surface area contributed by atoms with E-state index < -0.39 is 5.97 Å². The summed E-state index contributed by atoms with van der Waals surface area (Å²) in [4.78, 5) is 15.3. The highest BCUT2D eigenvalue weighted by Gasteiger charge is 2.29. The molecule has 2 heterocycles. The molecular formula is C12H16N2O2. The summed E-state index contributed by atoms with van der Waals surface area (Å²) in [5.41, 5.74) is 1.23. The zero-order valence-electron chi connectivity index (χ0n) is 9.22. The van der Waals surface area contributed by atoms with Crippen LogP contribution in [0.5, 0.6) is 0 Å². The van der Waals surface area contributed by atoms with E-state index >= 15 is 0 Å². The summed E-state index contributed by atoms with van der Waals surface area (Å²) in [5.74, 6) is 1.45. The van der Waals surface area contributed by atoms with Crippen molar-refractivity contribution in [2.45, 2.75) is 44.6 Å². The summed E-state index contributed by atoms with van der Waals surface area (Å²) in [6.45, 7) is 0.835. The molecule has 1 N–H and O–H groups in total. The predicted octanol–water partition coefficient (Wildman–Crippen LogP) is 1.80. The molecule has 4 heteroatoms. The summed E-state index contributed by atoms with van der Waals surface area (Å²) in [6.07, 6.45) is 6.87. The average molecular weight is 220 g/mol. The molecule has 0 saturated heterocycles. The number of rotatable bonds is 3. The molecule has 1 aromatic heterocycles. The van der Waals surface area contributed by atoms with Gasteiger partial charge in [-0.25, -0.2) is 4.98 Å². The Morgan fingerprint density at radius 1 is 1.50 bits per heavy atom. The Kier molecular flexibility index (Phi) is 2.23. The lowest BCUT2D eigenvalue weighted by Crippen LogP contribution is -2.22. The number of aliphatic carboxylic acids is 1. The number of hydrogen-bond donors (Lipinski definition) is 1. The van der Waals surface area contributed by atoms with Gasteiger partial charge in [-0.1, -0.05) is 0 Å². The molecule has 0 bridgehead atoms. The molecule has 0 amide bonds. The van der Waals surface area contributed by atoms with E-state index in [1.165, 1.54) is 18.5 Å². The SMILES string of the molecule is O=C(O)CC1CCc2nc(C3CC3)cn2C1. The maximum Gasteiger partial charge on any atom is 0.303 e. The minimum Gasteiger partial charge on any atom is -0.481 e. The van der Waals surface area contributed by atoms with Crippen molar-refractivity contribution in [3.05, 3.63) is 17.7 Å². The number of carboxylic acids is 1. The van der Waals surface area contributed by atoms with Crippen LogP contribution in [0.3, 0.4) is 0 Å². The highest BCUT2D eigenvalue weighted by atomic mass is 16.4. The summed E-state index contributed by atoms with van der Waals surface area (Å²) < 4.78 is 2.17. The van der Waals surface area contributed by atoms with Crippen molar-refractivity contribution in [3.8, 4) is 0 Å². The highest BCUT2D eigenvalue weighted by molar-refractivity contribution is 5.67. The monoisotopic (exact) mass is 220 g/mol. The van der Waals surface area contributed by atoms with Crippen molar-refractivity contribution in [2.24, 2.45) is 5.92 Å². The Labute approximate surface area is 94.3 Å². The normalized spacial score (nSPS) is 24.1. The van der Waals surface area contributed by atoms with Crippen LogP contribution in [0.25, 0.3) is 0 Å². The molecule has 0 aromatic carbocycles. The van der Waals surface area contributed by atoms with Crippen molar-refractivity contribution >= 4 is 5.97 Å². The quantitative estimate of drug-likeness (QED) is 0.845. The lowest BCUT2D eigenvalue weighted by molar-refractivity contribution is -0.138. The van der Waals surface area contributed by atoms with E-state index in [4.69, 9.17) is 5.11 Å². The molecule has 2 aliphatic rings. The maximum absolute atomic E-state index is 10.7. The van der Waals surface area contributed by atoms with Crippen LogP contribution < -0.4 is 0 Å². The van der Waals surface area contributed by atoms with Crippen LogP contribution in [0.1, 0.15) is 43.1 Å². The topological polar surface area (TPSA) is 55.1 Å². The van der Waals surface area contributed by atoms with Crippen molar-refractivity contribution in [3.63, 3.8) is 0 Å². The third-order valence-electron chi connectivity index (χ3n) is 3.57. The van der Waals surface area contributed by atoms with Gasteiger partial charge >= 0.3 is 5.97 Å². The van der Waals surface area contributed by atoms with Crippen molar-refractivity contribution < 1.29 is 9.90 Å². The molecule has 1 atom stereocenters. The number of aryl methyl sites for hydroxylation is 1. The first-order valence-electron chi connectivity index (χ1n) is 6.00. The van der Waals surface area contributed by atoms with Gasteiger partial charge in [0.25, 0.3) is 0 Å². The Bertz CT molecular complexity index is 421. The largest absolute Gasteiger partial charge is 0.481 e. The Morgan fingerprint density at radius 2 is 2.31 bits per heavy atom. The number of hydrogen-bond acceptors (Lipinski definition) is 2. The lowest BCUT2D eigenvalue weighted by atomic mass is 9.96. The van der Waals surface area contributed by atoms with Crippen molar-refractivity contribution in [1.82, 2.24) is 9.55 Å². The molecule has 1 unspecified atom stereocenters. The van der Waals surface area contributed by atoms with Crippen LogP contribution in [-0.2, 0) is 17.8 Å². The standard InChI is InChI=1S/C12H16N2O2/c15-12(16)5-8-1-4-11-13-10(9-2-3-9)7-14(11)6-8/h7-9H,1-6H2,(H,15,16). The fourth-order valence-corrected chi connectivity index (χ4v) is 2.53. The lowest BCUT2D eigenvalue weighted by Gasteiger charge is -2.21. The third-order valence-corrected chi connectivity index (χ3v) is 3.57. The minimum absolute atomic E-state index is 0.284. The molecule has 1 saturated carbocycles. The minimum atomic E-state index is -0.684. The smallest absolute Gasteiger partial charge is 0.303 e. The molecule has 0 radical (unpaired) electrons. The first-order valence-corrected chi connectivity index (χ1v) is 6.00. The van der Waals surface area contributed by atoms with Crippen LogP contribution >= 0.6 is 0 Å². The van der Waals surface area contributed by atoms with E-state index in [0.29, 0.717) is 5.92 Å². The molecule has 0 spiro atoms. The Morgan fingerprint density at radius 3 is 3.00 bits per heavy atom. The summed E-state index contributed by atoms with van der Waals surface area (Å²) >= 11 is 0. The Hall–Kier alpha value is -1.32. The molecule has 1 aromatic rings. The van der Waals surface area contributed by atoms with Crippen LogP contribution in [0, 0.1) is 5.92 Å². The van der Waals surface area contributed by atoms with Gasteiger partial charge in [0.2, 0.25) is 0 Å². The zero-order chi connectivity index (χ0) is 11.1. The first-order chi connectivity index (χ1) is 7.72. The first kappa shape index (κ1) is 9.87. The second-order valence-electron chi connectivity index (χ2n) is 5.01. The van der Waals surface area contributed by atoms with Crippen molar-refractivity contribution in [2.75, 3.05) is 0 Å². The third kappa shape index (κ3) is 1.84. The fourth-order valence-electron chi connectivity index (χ4n) is 2.53. The molecule has 1 aliphatic carbocycles. The molecule has 1 fully saturated rings. The van der Waals surface area contributed by atoms with E-state index in [2.05, 4.69) is 15.7 Å². The van der Waals surface area contributed by atoms with Gasteiger partial charge in [0, 0.05) is 31.5 Å². The second-order valence-corrected chi connectivity index (χ2v) is 5.01. The number of carboxylic acid groups (broad SMARTS) is 1. The van der Waals surface area contributed by atoms with Gasteiger partial charge in [-0.2, -0.15) is 0 Å². The Balaban J connectivity index is 1.74. The molecule has 3 rings (SSSR count). The zero-order valence-corrected chi connectivity index (χ0v) is 9.22. The number of imidazole rings is 1. The average Bonchev–Trinajstić information content (AvgIpc) is 2.98. The molecular weight excluding hydrogens is 204 g/mol. The molecule has 86 valence electrons. The number of fused-ring (bicyclic) bond motifs is 1. The van der Waals surface area contributed by atoms with Gasteiger partial charge in [-0.3, -0.25) is 4.79 Å². The van der Waals surface area contributed by atoms with Gasteiger partial charge in [0.15, 0.2) is 0 Å². The van der Waals surface area contributed by atoms with E-state index in [0.717, 1.165) is 25.2 Å². The van der Waals surface area contributed by atoms with Crippen LogP contribution in [0.15, 0.2) is 6.20 Å². The van der Waals surface area contributed by atoms with Gasteiger partial charge < -0.3 is 9.67 Å². The van der Waals surface area contributed by atoms with Gasteiger partial charge in [0.1, 0.15) is 5.82 Å². The maximum atomic E-state index is 10.7. The van der Waals surface area contributed by atoms with Crippen LogP contribution in [0.4, 0.5) is 0 Å². The summed E-state index contributed by atoms with van der Waals surface area (Å²) in [5, 5.41) is 8.79. The molecule has 1 aliphatic heterocycles. The van der Waals surface area contributed by atoms with E-state index in [1.54, 1.807) is 0 Å². The van der Waals surface area contributed by atoms with Gasteiger partial charge in [0.05, 0.1) is 5.69 Å². The number of nitrogens with zero attached hydrogens (tertiary/aromatic N) is 2. The molecule has 16 heavy (non-hydrogen) atoms.